The Labute approximate surface area is 123 Å². The third-order valence-corrected chi connectivity index (χ3v) is 2.96. The van der Waals surface area contributed by atoms with Crippen LogP contribution in [0.1, 0.15) is 15.9 Å². The molecule has 1 amide bonds. The van der Waals surface area contributed by atoms with Gasteiger partial charge in [0.15, 0.2) is 11.5 Å². The van der Waals surface area contributed by atoms with Crippen LogP contribution in [0, 0.1) is 0 Å². The molecule has 2 aromatic rings. The molecule has 6 heteroatoms. The molecular formula is C15H17N3O3. The molecule has 1 heterocycles. The zero-order valence-electron chi connectivity index (χ0n) is 12.0. The Hall–Kier alpha value is -2.63. The summed E-state index contributed by atoms with van der Waals surface area (Å²) in [6, 6.07) is 5.19. The number of nitrogens with one attached hydrogen (secondary N) is 1. The lowest BCUT2D eigenvalue weighted by atomic mass is 10.1. The molecule has 0 aliphatic heterocycles. The second kappa shape index (κ2) is 7.23. The lowest BCUT2D eigenvalue weighted by molar-refractivity contribution is 0.0950. The fourth-order valence-electron chi connectivity index (χ4n) is 1.94. The van der Waals surface area contributed by atoms with Crippen molar-refractivity contribution < 1.29 is 14.3 Å². The Morgan fingerprint density at radius 1 is 1.19 bits per heavy atom. The van der Waals surface area contributed by atoms with E-state index in [0.29, 0.717) is 30.0 Å². The van der Waals surface area contributed by atoms with Crippen LogP contribution in [0.15, 0.2) is 36.9 Å². The van der Waals surface area contributed by atoms with Crippen LogP contribution < -0.4 is 14.8 Å². The van der Waals surface area contributed by atoms with Crippen LogP contribution >= 0.6 is 0 Å². The molecule has 2 rings (SSSR count). The van der Waals surface area contributed by atoms with Gasteiger partial charge in [0.2, 0.25) is 0 Å². The van der Waals surface area contributed by atoms with Crippen LogP contribution in [0.25, 0.3) is 0 Å². The third kappa shape index (κ3) is 3.68. The van der Waals surface area contributed by atoms with Gasteiger partial charge in [0.1, 0.15) is 6.33 Å². The van der Waals surface area contributed by atoms with Gasteiger partial charge in [0, 0.05) is 18.9 Å². The van der Waals surface area contributed by atoms with E-state index in [0.717, 1.165) is 5.56 Å². The SMILES string of the molecule is COc1cccc(C(=O)NCCc2cncnc2)c1OC. The maximum Gasteiger partial charge on any atom is 0.255 e. The van der Waals surface area contributed by atoms with Gasteiger partial charge in [-0.05, 0) is 24.1 Å². The normalized spacial score (nSPS) is 10.0. The summed E-state index contributed by atoms with van der Waals surface area (Å²) in [7, 11) is 3.05. The van der Waals surface area contributed by atoms with Crippen LogP contribution in [0.3, 0.4) is 0 Å². The molecule has 0 radical (unpaired) electrons. The number of benzene rings is 1. The van der Waals surface area contributed by atoms with Gasteiger partial charge < -0.3 is 14.8 Å². The monoisotopic (exact) mass is 287 g/mol. The second-order valence-electron chi connectivity index (χ2n) is 4.29. The summed E-state index contributed by atoms with van der Waals surface area (Å²) in [6.45, 7) is 0.493. The van der Waals surface area contributed by atoms with E-state index in [1.165, 1.54) is 20.5 Å². The fraction of sp³-hybridized carbons (Fsp3) is 0.267. The van der Waals surface area contributed by atoms with Gasteiger partial charge >= 0.3 is 0 Å². The quantitative estimate of drug-likeness (QED) is 0.871. The maximum absolute atomic E-state index is 12.2. The number of para-hydroxylation sites is 1. The molecule has 110 valence electrons. The number of rotatable bonds is 6. The van der Waals surface area contributed by atoms with E-state index in [4.69, 9.17) is 9.47 Å². The molecule has 0 atom stereocenters. The number of hydrogen-bond donors (Lipinski definition) is 1. The number of amides is 1. The van der Waals surface area contributed by atoms with Crippen molar-refractivity contribution in [1.82, 2.24) is 15.3 Å². The van der Waals surface area contributed by atoms with Crippen LogP contribution in [-0.4, -0.2) is 36.6 Å². The lowest BCUT2D eigenvalue weighted by Crippen LogP contribution is -2.26. The van der Waals surface area contributed by atoms with E-state index in [-0.39, 0.29) is 5.91 Å². The van der Waals surface area contributed by atoms with Crippen molar-refractivity contribution in [3.05, 3.63) is 48.0 Å². The number of nitrogens with zero attached hydrogens (tertiary/aromatic N) is 2. The first-order valence-electron chi connectivity index (χ1n) is 6.49. The molecule has 1 aromatic heterocycles. The molecule has 1 aromatic carbocycles. The van der Waals surface area contributed by atoms with E-state index in [2.05, 4.69) is 15.3 Å². The molecule has 0 aliphatic rings. The van der Waals surface area contributed by atoms with Crippen LogP contribution in [0.2, 0.25) is 0 Å². The number of hydrogen-bond acceptors (Lipinski definition) is 5. The van der Waals surface area contributed by atoms with Crippen molar-refractivity contribution in [1.29, 1.82) is 0 Å². The molecule has 21 heavy (non-hydrogen) atoms. The van der Waals surface area contributed by atoms with Gasteiger partial charge in [-0.3, -0.25) is 4.79 Å². The van der Waals surface area contributed by atoms with Gasteiger partial charge in [0.25, 0.3) is 5.91 Å². The van der Waals surface area contributed by atoms with Gasteiger partial charge in [-0.1, -0.05) is 6.07 Å². The zero-order chi connectivity index (χ0) is 15.1. The van der Waals surface area contributed by atoms with Crippen molar-refractivity contribution in [2.75, 3.05) is 20.8 Å². The second-order valence-corrected chi connectivity index (χ2v) is 4.29. The van der Waals surface area contributed by atoms with E-state index < -0.39 is 0 Å². The Balaban J connectivity index is 2.00. The molecule has 0 fully saturated rings. The minimum absolute atomic E-state index is 0.206. The first-order chi connectivity index (χ1) is 10.3. The fourth-order valence-corrected chi connectivity index (χ4v) is 1.94. The summed E-state index contributed by atoms with van der Waals surface area (Å²) >= 11 is 0. The van der Waals surface area contributed by atoms with Crippen molar-refractivity contribution in [2.24, 2.45) is 0 Å². The largest absolute Gasteiger partial charge is 0.493 e. The average Bonchev–Trinajstić information content (AvgIpc) is 2.54. The highest BCUT2D eigenvalue weighted by molar-refractivity contribution is 5.97. The van der Waals surface area contributed by atoms with Gasteiger partial charge in [-0.25, -0.2) is 9.97 Å². The molecule has 0 unspecified atom stereocenters. The summed E-state index contributed by atoms with van der Waals surface area (Å²) in [5.41, 5.74) is 1.41. The van der Waals surface area contributed by atoms with Crippen molar-refractivity contribution in [3.63, 3.8) is 0 Å². The molecule has 0 spiro atoms. The Kier molecular flexibility index (Phi) is 5.09. The number of carbonyl (C=O) groups is 1. The van der Waals surface area contributed by atoms with Gasteiger partial charge in [0.05, 0.1) is 19.8 Å². The van der Waals surface area contributed by atoms with E-state index in [1.54, 1.807) is 30.6 Å². The maximum atomic E-state index is 12.2. The van der Waals surface area contributed by atoms with Crippen LogP contribution in [-0.2, 0) is 6.42 Å². The minimum Gasteiger partial charge on any atom is -0.493 e. The standard InChI is InChI=1S/C15H17N3O3/c1-20-13-5-3-4-12(14(13)21-2)15(19)18-7-6-11-8-16-10-17-9-11/h3-5,8-10H,6-7H2,1-2H3,(H,18,19). The number of aromatic nitrogens is 2. The summed E-state index contributed by atoms with van der Waals surface area (Å²) in [4.78, 5) is 20.1. The topological polar surface area (TPSA) is 73.3 Å². The summed E-state index contributed by atoms with van der Waals surface area (Å²) < 4.78 is 10.4. The Bertz CT molecular complexity index is 602. The van der Waals surface area contributed by atoms with E-state index in [9.17, 15) is 4.79 Å². The van der Waals surface area contributed by atoms with Crippen molar-refractivity contribution in [3.8, 4) is 11.5 Å². The number of ether oxygens (including phenoxy) is 2. The summed E-state index contributed by atoms with van der Waals surface area (Å²) in [5, 5.41) is 2.84. The smallest absolute Gasteiger partial charge is 0.255 e. The lowest BCUT2D eigenvalue weighted by Gasteiger charge is -2.12. The predicted octanol–water partition coefficient (Wildman–Crippen LogP) is 1.47. The Morgan fingerprint density at radius 3 is 2.62 bits per heavy atom. The van der Waals surface area contributed by atoms with E-state index >= 15 is 0 Å². The summed E-state index contributed by atoms with van der Waals surface area (Å²) in [6.07, 6.45) is 5.60. The van der Waals surface area contributed by atoms with Crippen LogP contribution in [0.4, 0.5) is 0 Å². The zero-order valence-corrected chi connectivity index (χ0v) is 12.0. The molecule has 0 bridgehead atoms. The van der Waals surface area contributed by atoms with Crippen LogP contribution in [0.5, 0.6) is 11.5 Å². The first kappa shape index (κ1) is 14.8. The Morgan fingerprint density at radius 2 is 1.95 bits per heavy atom. The highest BCUT2D eigenvalue weighted by Gasteiger charge is 2.15. The third-order valence-electron chi connectivity index (χ3n) is 2.96. The molecule has 0 saturated heterocycles. The average molecular weight is 287 g/mol. The number of carbonyl (C=O) groups excluding carboxylic acids is 1. The summed E-state index contributed by atoms with van der Waals surface area (Å²) in [5.74, 6) is 0.754. The first-order valence-corrected chi connectivity index (χ1v) is 6.49. The van der Waals surface area contributed by atoms with Crippen molar-refractivity contribution >= 4 is 5.91 Å². The van der Waals surface area contributed by atoms with E-state index in [1.807, 2.05) is 0 Å². The highest BCUT2D eigenvalue weighted by Crippen LogP contribution is 2.30. The molecule has 1 N–H and O–H groups in total. The molecular weight excluding hydrogens is 270 g/mol. The van der Waals surface area contributed by atoms with Gasteiger partial charge in [-0.15, -0.1) is 0 Å². The van der Waals surface area contributed by atoms with Gasteiger partial charge in [-0.2, -0.15) is 0 Å². The number of methoxy groups -OCH3 is 2. The molecule has 0 aliphatic carbocycles. The predicted molar refractivity (Wildman–Crippen MR) is 77.6 cm³/mol. The van der Waals surface area contributed by atoms with Crippen molar-refractivity contribution in [2.45, 2.75) is 6.42 Å². The molecule has 0 saturated carbocycles. The minimum atomic E-state index is -0.206. The highest BCUT2D eigenvalue weighted by atomic mass is 16.5. The molecule has 6 nitrogen and oxygen atoms in total.